The number of carbonyl (C=O) groups excluding carboxylic acids is 1. The Balaban J connectivity index is 2.33. The molecular weight excluding hydrogens is 263 g/mol. The van der Waals surface area contributed by atoms with Gasteiger partial charge in [0.15, 0.2) is 0 Å². The molecule has 0 atom stereocenters. The van der Waals surface area contributed by atoms with Crippen molar-refractivity contribution in [1.29, 1.82) is 0 Å². The van der Waals surface area contributed by atoms with Crippen molar-refractivity contribution in [3.63, 3.8) is 0 Å². The fraction of sp³-hybridized carbons (Fsp3) is 0.167. The molecule has 0 radical (unpaired) electrons. The molecule has 2 rings (SSSR count). The van der Waals surface area contributed by atoms with E-state index in [1.54, 1.807) is 17.4 Å². The first-order chi connectivity index (χ1) is 8.88. The second kappa shape index (κ2) is 4.75. The second-order valence-corrected chi connectivity index (χ2v) is 3.77. The molecule has 0 aliphatic heterocycles. The van der Waals surface area contributed by atoms with Gasteiger partial charge in [-0.1, -0.05) is 12.1 Å². The van der Waals surface area contributed by atoms with Gasteiger partial charge in [0.2, 0.25) is 5.43 Å². The Hall–Kier alpha value is -2.31. The predicted molar refractivity (Wildman–Crippen MR) is 60.9 cm³/mol. The largest absolute Gasteiger partial charge is 0.463 e. The molecule has 1 aromatic heterocycles. The highest BCUT2D eigenvalue weighted by atomic mass is 19.4. The zero-order valence-electron chi connectivity index (χ0n) is 9.45. The molecule has 1 heterocycles. The van der Waals surface area contributed by atoms with Crippen LogP contribution in [0.1, 0.15) is 10.4 Å². The minimum Gasteiger partial charge on any atom is -0.463 e. The molecule has 0 spiro atoms. The molecule has 0 aliphatic carbocycles. The normalized spacial score (nSPS) is 11.5. The van der Waals surface area contributed by atoms with Gasteiger partial charge < -0.3 is 9.73 Å². The third-order valence-corrected chi connectivity index (χ3v) is 2.37. The third kappa shape index (κ3) is 2.93. The van der Waals surface area contributed by atoms with Crippen molar-refractivity contribution in [2.75, 3.05) is 6.54 Å². The fourth-order valence-corrected chi connectivity index (χ4v) is 1.51. The number of hydrogen-bond donors (Lipinski definition) is 1. The predicted octanol–water partition coefficient (Wildman–Crippen LogP) is 2.09. The first-order valence-corrected chi connectivity index (χ1v) is 5.24. The molecule has 0 unspecified atom stereocenters. The van der Waals surface area contributed by atoms with Crippen molar-refractivity contribution in [3.05, 3.63) is 46.3 Å². The molecule has 19 heavy (non-hydrogen) atoms. The monoisotopic (exact) mass is 271 g/mol. The lowest BCUT2D eigenvalue weighted by Crippen LogP contribution is -2.36. The Bertz CT molecular complexity index is 676. The van der Waals surface area contributed by atoms with E-state index in [2.05, 4.69) is 0 Å². The van der Waals surface area contributed by atoms with Crippen LogP contribution in [-0.4, -0.2) is 18.6 Å². The van der Waals surface area contributed by atoms with Gasteiger partial charge in [0.1, 0.15) is 24.0 Å². The summed E-state index contributed by atoms with van der Waals surface area (Å²) in [5, 5.41) is 1.76. The van der Waals surface area contributed by atoms with E-state index in [-0.39, 0.29) is 11.0 Å². The molecule has 1 aromatic carbocycles. The molecule has 1 amide bonds. The summed E-state index contributed by atoms with van der Waals surface area (Å²) in [5.41, 5.74) is -0.857. The van der Waals surface area contributed by atoms with Crippen LogP contribution >= 0.6 is 0 Å². The summed E-state index contributed by atoms with van der Waals surface area (Å²) in [6.07, 6.45) is -3.68. The van der Waals surface area contributed by atoms with Crippen LogP contribution in [0.2, 0.25) is 0 Å². The van der Waals surface area contributed by atoms with Crippen molar-refractivity contribution >= 4 is 16.9 Å². The number of alkyl halides is 3. The molecule has 0 aliphatic rings. The van der Waals surface area contributed by atoms with E-state index in [0.29, 0.717) is 0 Å². The number of rotatable bonds is 2. The van der Waals surface area contributed by atoms with Crippen LogP contribution in [0.15, 0.2) is 39.7 Å². The quantitative estimate of drug-likeness (QED) is 0.909. The number of amides is 1. The van der Waals surface area contributed by atoms with Gasteiger partial charge in [-0.25, -0.2) is 0 Å². The summed E-state index contributed by atoms with van der Waals surface area (Å²) in [7, 11) is 0. The second-order valence-electron chi connectivity index (χ2n) is 3.77. The SMILES string of the molecule is O=C(NCC(F)(F)F)c1coc2ccccc2c1=O. The Morgan fingerprint density at radius 3 is 2.63 bits per heavy atom. The van der Waals surface area contributed by atoms with E-state index in [1.807, 2.05) is 0 Å². The summed E-state index contributed by atoms with van der Waals surface area (Å²) in [5.74, 6) is -1.11. The highest BCUT2D eigenvalue weighted by Crippen LogP contribution is 2.13. The van der Waals surface area contributed by atoms with Crippen molar-refractivity contribution < 1.29 is 22.4 Å². The minimum atomic E-state index is -4.54. The highest BCUT2D eigenvalue weighted by molar-refractivity contribution is 5.96. The topological polar surface area (TPSA) is 59.3 Å². The number of para-hydroxylation sites is 1. The summed E-state index contributed by atoms with van der Waals surface area (Å²) >= 11 is 0. The van der Waals surface area contributed by atoms with E-state index in [0.717, 1.165) is 6.26 Å². The molecule has 0 saturated heterocycles. The Morgan fingerprint density at radius 2 is 1.95 bits per heavy atom. The molecule has 4 nitrogen and oxygen atoms in total. The van der Waals surface area contributed by atoms with Crippen LogP contribution in [0.5, 0.6) is 0 Å². The van der Waals surface area contributed by atoms with Crippen LogP contribution in [0, 0.1) is 0 Å². The van der Waals surface area contributed by atoms with E-state index in [1.165, 1.54) is 12.1 Å². The Kier molecular flexibility index (Phi) is 3.28. The Morgan fingerprint density at radius 1 is 1.26 bits per heavy atom. The zero-order chi connectivity index (χ0) is 14.0. The van der Waals surface area contributed by atoms with Gasteiger partial charge in [0.05, 0.1) is 5.39 Å². The number of benzene rings is 1. The standard InChI is InChI=1S/C12H8F3NO3/c13-12(14,15)6-16-11(18)8-5-19-9-4-2-1-3-7(9)10(8)17/h1-5H,6H2,(H,16,18). The van der Waals surface area contributed by atoms with Crippen LogP contribution in [-0.2, 0) is 0 Å². The third-order valence-electron chi connectivity index (χ3n) is 2.37. The summed E-state index contributed by atoms with van der Waals surface area (Å²) in [4.78, 5) is 23.4. The molecule has 0 fully saturated rings. The number of halogens is 3. The smallest absolute Gasteiger partial charge is 0.405 e. The summed E-state index contributed by atoms with van der Waals surface area (Å²) in [6.45, 7) is -1.50. The van der Waals surface area contributed by atoms with Gasteiger partial charge in [0.25, 0.3) is 5.91 Å². The van der Waals surface area contributed by atoms with Crippen LogP contribution < -0.4 is 10.7 Å². The maximum atomic E-state index is 12.0. The molecular formula is C12H8F3NO3. The van der Waals surface area contributed by atoms with Gasteiger partial charge in [-0.15, -0.1) is 0 Å². The lowest BCUT2D eigenvalue weighted by molar-refractivity contribution is -0.123. The van der Waals surface area contributed by atoms with E-state index >= 15 is 0 Å². The number of hydrogen-bond acceptors (Lipinski definition) is 3. The molecule has 0 bridgehead atoms. The van der Waals surface area contributed by atoms with E-state index < -0.39 is 29.6 Å². The highest BCUT2D eigenvalue weighted by Gasteiger charge is 2.28. The van der Waals surface area contributed by atoms with Gasteiger partial charge in [0, 0.05) is 0 Å². The minimum absolute atomic E-state index is 0.141. The number of carbonyl (C=O) groups is 1. The zero-order valence-corrected chi connectivity index (χ0v) is 9.45. The van der Waals surface area contributed by atoms with Crippen molar-refractivity contribution in [2.24, 2.45) is 0 Å². The Labute approximate surface area is 104 Å². The first kappa shape index (κ1) is 13.1. The number of fused-ring (bicyclic) bond motifs is 1. The van der Waals surface area contributed by atoms with Gasteiger partial charge in [-0.05, 0) is 12.1 Å². The van der Waals surface area contributed by atoms with E-state index in [4.69, 9.17) is 4.42 Å². The van der Waals surface area contributed by atoms with Crippen molar-refractivity contribution in [3.8, 4) is 0 Å². The van der Waals surface area contributed by atoms with Crippen molar-refractivity contribution in [2.45, 2.75) is 6.18 Å². The molecule has 7 heteroatoms. The summed E-state index contributed by atoms with van der Waals surface area (Å²) in [6, 6.07) is 6.15. The molecule has 0 saturated carbocycles. The van der Waals surface area contributed by atoms with Gasteiger partial charge >= 0.3 is 6.18 Å². The summed E-state index contributed by atoms with van der Waals surface area (Å²) < 4.78 is 40.9. The first-order valence-electron chi connectivity index (χ1n) is 5.24. The van der Waals surface area contributed by atoms with E-state index in [9.17, 15) is 22.8 Å². The van der Waals surface area contributed by atoms with Crippen LogP contribution in [0.4, 0.5) is 13.2 Å². The molecule has 1 N–H and O–H groups in total. The molecule has 2 aromatic rings. The van der Waals surface area contributed by atoms with Gasteiger partial charge in [-0.3, -0.25) is 9.59 Å². The maximum Gasteiger partial charge on any atom is 0.405 e. The van der Waals surface area contributed by atoms with Crippen molar-refractivity contribution in [1.82, 2.24) is 5.32 Å². The fourth-order valence-electron chi connectivity index (χ4n) is 1.51. The lowest BCUT2D eigenvalue weighted by Gasteiger charge is -2.07. The van der Waals surface area contributed by atoms with Crippen LogP contribution in [0.25, 0.3) is 11.0 Å². The van der Waals surface area contributed by atoms with Gasteiger partial charge in [-0.2, -0.15) is 13.2 Å². The maximum absolute atomic E-state index is 12.0. The van der Waals surface area contributed by atoms with Crippen LogP contribution in [0.3, 0.4) is 0 Å². The average molecular weight is 271 g/mol. The average Bonchev–Trinajstić information content (AvgIpc) is 2.36. The lowest BCUT2D eigenvalue weighted by atomic mass is 10.1. The number of nitrogens with one attached hydrogen (secondary N) is 1. The molecule has 100 valence electrons.